The molecule has 9 nitrogen and oxygen atoms in total. The molecule has 1 aliphatic heterocycles. The van der Waals surface area contributed by atoms with Crippen LogP contribution in [0.3, 0.4) is 0 Å². The van der Waals surface area contributed by atoms with Crippen molar-refractivity contribution in [3.8, 4) is 11.5 Å². The number of nitrogens with one attached hydrogen (secondary N) is 1. The van der Waals surface area contributed by atoms with Crippen molar-refractivity contribution in [3.63, 3.8) is 0 Å². The summed E-state index contributed by atoms with van der Waals surface area (Å²) < 4.78 is 12.9. The van der Waals surface area contributed by atoms with Crippen molar-refractivity contribution in [2.75, 3.05) is 27.3 Å². The number of benzene rings is 1. The summed E-state index contributed by atoms with van der Waals surface area (Å²) in [4.78, 5) is 18.7. The van der Waals surface area contributed by atoms with Crippen LogP contribution in [-0.4, -0.2) is 57.9 Å². The maximum absolute atomic E-state index is 12.3. The first-order chi connectivity index (χ1) is 15.2. The van der Waals surface area contributed by atoms with Gasteiger partial charge in [-0.1, -0.05) is 12.1 Å². The Balaban J connectivity index is 1.38. The lowest BCUT2D eigenvalue weighted by atomic mass is 10.1. The monoisotopic (exact) mass is 422 g/mol. The molecule has 4 rings (SSSR count). The smallest absolute Gasteiger partial charge is 0.270 e. The Morgan fingerprint density at radius 2 is 2.00 bits per heavy atom. The number of methoxy groups -OCH3 is 2. The zero-order valence-corrected chi connectivity index (χ0v) is 17.7. The normalized spacial score (nSPS) is 13.9. The van der Waals surface area contributed by atoms with Crippen LogP contribution in [0.1, 0.15) is 27.7 Å². The molecule has 0 saturated carbocycles. The molecule has 9 heteroatoms. The quantitative estimate of drug-likeness (QED) is 0.619. The van der Waals surface area contributed by atoms with Gasteiger partial charge in [0.1, 0.15) is 23.0 Å². The van der Waals surface area contributed by atoms with Crippen LogP contribution in [0.5, 0.6) is 11.5 Å². The Bertz CT molecular complexity index is 1040. The van der Waals surface area contributed by atoms with Crippen LogP contribution >= 0.6 is 0 Å². The van der Waals surface area contributed by atoms with Crippen LogP contribution in [0, 0.1) is 0 Å². The van der Waals surface area contributed by atoms with E-state index in [9.17, 15) is 4.79 Å². The number of carbonyl (C=O) groups is 1. The van der Waals surface area contributed by atoms with Crippen molar-refractivity contribution < 1.29 is 14.3 Å². The molecule has 31 heavy (non-hydrogen) atoms. The molecule has 1 aliphatic rings. The zero-order valence-electron chi connectivity index (χ0n) is 17.7. The summed E-state index contributed by atoms with van der Waals surface area (Å²) in [6.07, 6.45) is 2.39. The van der Waals surface area contributed by atoms with E-state index >= 15 is 0 Å². The van der Waals surface area contributed by atoms with Crippen LogP contribution in [0.15, 0.2) is 42.6 Å². The highest BCUT2D eigenvalue weighted by molar-refractivity contribution is 5.92. The van der Waals surface area contributed by atoms with Gasteiger partial charge in [-0.05, 0) is 18.2 Å². The van der Waals surface area contributed by atoms with Crippen molar-refractivity contribution in [1.29, 1.82) is 0 Å². The van der Waals surface area contributed by atoms with Gasteiger partial charge in [-0.15, -0.1) is 10.2 Å². The predicted molar refractivity (Wildman–Crippen MR) is 114 cm³/mol. The number of hydrogen-bond donors (Lipinski definition) is 1. The number of rotatable bonds is 7. The molecule has 1 amide bonds. The number of aromatic nitrogens is 4. The minimum absolute atomic E-state index is 0.222. The number of ether oxygens (including phenoxy) is 2. The molecule has 3 heterocycles. The number of amides is 1. The van der Waals surface area contributed by atoms with Gasteiger partial charge in [0.15, 0.2) is 5.82 Å². The second-order valence-electron chi connectivity index (χ2n) is 7.29. The average molecular weight is 422 g/mol. The van der Waals surface area contributed by atoms with Gasteiger partial charge in [0.2, 0.25) is 0 Å². The molecule has 0 fully saturated rings. The lowest BCUT2D eigenvalue weighted by Crippen LogP contribution is -2.28. The Morgan fingerprint density at radius 3 is 2.77 bits per heavy atom. The van der Waals surface area contributed by atoms with Crippen LogP contribution < -0.4 is 14.8 Å². The number of hydrogen-bond acceptors (Lipinski definition) is 7. The molecule has 0 saturated heterocycles. The summed E-state index contributed by atoms with van der Waals surface area (Å²) in [5.74, 6) is 3.07. The number of fused-ring (bicyclic) bond motifs is 1. The zero-order chi connectivity index (χ0) is 21.6. The minimum atomic E-state index is -0.222. The summed E-state index contributed by atoms with van der Waals surface area (Å²) in [7, 11) is 3.32. The molecule has 0 bridgehead atoms. The third-order valence-electron chi connectivity index (χ3n) is 5.39. The Hall–Kier alpha value is -3.46. The Kier molecular flexibility index (Phi) is 6.42. The highest BCUT2D eigenvalue weighted by Gasteiger charge is 2.20. The van der Waals surface area contributed by atoms with Crippen molar-refractivity contribution in [2.45, 2.75) is 26.1 Å². The molecule has 0 spiro atoms. The molecule has 1 N–H and O–H groups in total. The summed E-state index contributed by atoms with van der Waals surface area (Å²) in [6, 6.07) is 11.2. The van der Waals surface area contributed by atoms with Gasteiger partial charge in [0.05, 0.1) is 20.8 Å². The lowest BCUT2D eigenvalue weighted by molar-refractivity contribution is 0.0944. The molecule has 1 aromatic carbocycles. The Morgan fingerprint density at radius 1 is 1.10 bits per heavy atom. The first-order valence-corrected chi connectivity index (χ1v) is 10.2. The minimum Gasteiger partial charge on any atom is -0.497 e. The van der Waals surface area contributed by atoms with E-state index in [2.05, 4.69) is 30.0 Å². The maximum atomic E-state index is 12.3. The first kappa shape index (κ1) is 20.8. The van der Waals surface area contributed by atoms with Crippen LogP contribution in [0.25, 0.3) is 0 Å². The van der Waals surface area contributed by atoms with Crippen molar-refractivity contribution in [1.82, 2.24) is 30.0 Å². The lowest BCUT2D eigenvalue weighted by Gasteiger charge is -2.21. The van der Waals surface area contributed by atoms with Crippen LogP contribution in [0.4, 0.5) is 0 Å². The third-order valence-corrected chi connectivity index (χ3v) is 5.39. The van der Waals surface area contributed by atoms with Crippen LogP contribution in [0.2, 0.25) is 0 Å². The molecule has 0 radical (unpaired) electrons. The molecule has 0 atom stereocenters. The molecular weight excluding hydrogens is 396 g/mol. The standard InChI is InChI=1S/C22H26N6O3/c1-30-17-7-6-16(19(13-17)31-2)15-27-10-8-20-25-26-21(28(20)12-11-27)14-24-22(29)18-5-3-4-9-23-18/h3-7,9,13H,8,10-12,14-15H2,1-2H3,(H,24,29). The molecule has 0 aliphatic carbocycles. The molecular formula is C22H26N6O3. The largest absolute Gasteiger partial charge is 0.497 e. The van der Waals surface area contributed by atoms with Crippen molar-refractivity contribution in [3.05, 3.63) is 65.5 Å². The Labute approximate surface area is 181 Å². The highest BCUT2D eigenvalue weighted by atomic mass is 16.5. The first-order valence-electron chi connectivity index (χ1n) is 10.2. The average Bonchev–Trinajstić information content (AvgIpc) is 3.10. The molecule has 162 valence electrons. The highest BCUT2D eigenvalue weighted by Crippen LogP contribution is 2.26. The van der Waals surface area contributed by atoms with Crippen LogP contribution in [-0.2, 0) is 26.1 Å². The van der Waals surface area contributed by atoms with E-state index in [1.54, 1.807) is 38.6 Å². The maximum Gasteiger partial charge on any atom is 0.270 e. The fourth-order valence-electron chi connectivity index (χ4n) is 3.69. The number of pyridine rings is 1. The predicted octanol–water partition coefficient (Wildman–Crippen LogP) is 1.68. The number of carbonyl (C=O) groups excluding carboxylic acids is 1. The van der Waals surface area contributed by atoms with Gasteiger partial charge in [-0.2, -0.15) is 0 Å². The summed E-state index contributed by atoms with van der Waals surface area (Å²) in [5, 5.41) is 11.5. The van der Waals surface area contributed by atoms with Crippen molar-refractivity contribution in [2.24, 2.45) is 0 Å². The van der Waals surface area contributed by atoms with Gasteiger partial charge >= 0.3 is 0 Å². The van der Waals surface area contributed by atoms with Crippen molar-refractivity contribution >= 4 is 5.91 Å². The molecule has 3 aromatic rings. The molecule has 0 unspecified atom stereocenters. The van der Waals surface area contributed by atoms with E-state index < -0.39 is 0 Å². The van der Waals surface area contributed by atoms with E-state index in [1.165, 1.54) is 0 Å². The summed E-state index contributed by atoms with van der Waals surface area (Å²) in [5.41, 5.74) is 1.50. The second kappa shape index (κ2) is 9.57. The SMILES string of the molecule is COc1ccc(CN2CCc3nnc(CNC(=O)c4ccccn4)n3CC2)c(OC)c1. The fourth-order valence-corrected chi connectivity index (χ4v) is 3.69. The van der Waals surface area contributed by atoms with E-state index in [0.717, 1.165) is 61.3 Å². The van der Waals surface area contributed by atoms with E-state index in [0.29, 0.717) is 12.2 Å². The van der Waals surface area contributed by atoms with Gasteiger partial charge in [-0.25, -0.2) is 0 Å². The molecule has 2 aromatic heterocycles. The summed E-state index contributed by atoms with van der Waals surface area (Å²) >= 11 is 0. The van der Waals surface area contributed by atoms with E-state index in [-0.39, 0.29) is 5.91 Å². The fraction of sp³-hybridized carbons (Fsp3) is 0.364. The van der Waals surface area contributed by atoms with E-state index in [4.69, 9.17) is 9.47 Å². The van der Waals surface area contributed by atoms with Gasteiger partial charge < -0.3 is 19.4 Å². The van der Waals surface area contributed by atoms with Gasteiger partial charge in [0.25, 0.3) is 5.91 Å². The topological polar surface area (TPSA) is 94.4 Å². The second-order valence-corrected chi connectivity index (χ2v) is 7.29. The van der Waals surface area contributed by atoms with Gasteiger partial charge in [-0.3, -0.25) is 14.7 Å². The number of nitrogens with zero attached hydrogens (tertiary/aromatic N) is 5. The summed E-state index contributed by atoms with van der Waals surface area (Å²) in [6.45, 7) is 3.57. The van der Waals surface area contributed by atoms with Gasteiger partial charge in [0, 0.05) is 50.4 Å². The third kappa shape index (κ3) is 4.83. The van der Waals surface area contributed by atoms with E-state index in [1.807, 2.05) is 18.2 Å².